The topological polar surface area (TPSA) is 17.1 Å². The molecule has 0 bridgehead atoms. The van der Waals surface area contributed by atoms with Crippen LogP contribution in [0.4, 0.5) is 0 Å². The molecule has 0 aliphatic heterocycles. The highest BCUT2D eigenvalue weighted by atomic mass is 32.2. The minimum atomic E-state index is -0.864. The Morgan fingerprint density at radius 1 is 1.62 bits per heavy atom. The quantitative estimate of drug-likeness (QED) is 0.796. The first-order valence-corrected chi connectivity index (χ1v) is 7.39. The lowest BCUT2D eigenvalue weighted by molar-refractivity contribution is 0.691. The van der Waals surface area contributed by atoms with Crippen molar-refractivity contribution in [3.05, 3.63) is 26.1 Å². The molecule has 1 nitrogen and oxygen atoms in total. The van der Waals surface area contributed by atoms with E-state index in [0.29, 0.717) is 0 Å². The SMILES string of the molecule is CS/C(=C\c1ccc(C)s1)[S@@](C)=O. The molecule has 0 spiro atoms. The fourth-order valence-corrected chi connectivity index (χ4v) is 3.35. The highest BCUT2D eigenvalue weighted by molar-refractivity contribution is 8.16. The molecule has 13 heavy (non-hydrogen) atoms. The maximum atomic E-state index is 11.2. The summed E-state index contributed by atoms with van der Waals surface area (Å²) in [6, 6.07) is 4.14. The van der Waals surface area contributed by atoms with Gasteiger partial charge in [0.05, 0.1) is 15.0 Å². The van der Waals surface area contributed by atoms with Crippen LogP contribution in [0.25, 0.3) is 6.08 Å². The lowest BCUT2D eigenvalue weighted by Gasteiger charge is -1.96. The largest absolute Gasteiger partial charge is 0.254 e. The average molecular weight is 232 g/mol. The van der Waals surface area contributed by atoms with Crippen molar-refractivity contribution in [2.24, 2.45) is 0 Å². The molecule has 0 aliphatic carbocycles. The minimum absolute atomic E-state index is 0.864. The minimum Gasteiger partial charge on any atom is -0.254 e. The maximum Gasteiger partial charge on any atom is 0.0724 e. The number of rotatable bonds is 3. The number of thioether (sulfide) groups is 1. The van der Waals surface area contributed by atoms with Crippen molar-refractivity contribution >= 4 is 40.0 Å². The average Bonchev–Trinajstić information content (AvgIpc) is 2.46. The molecule has 0 unspecified atom stereocenters. The molecule has 0 aromatic carbocycles. The van der Waals surface area contributed by atoms with E-state index in [1.807, 2.05) is 12.3 Å². The lowest BCUT2D eigenvalue weighted by Crippen LogP contribution is -1.85. The summed E-state index contributed by atoms with van der Waals surface area (Å²) in [7, 11) is -0.864. The summed E-state index contributed by atoms with van der Waals surface area (Å²) in [4.78, 5) is 2.46. The first-order chi connectivity index (χ1) is 6.13. The Bertz CT molecular complexity index is 338. The second-order valence-corrected chi connectivity index (χ2v) is 6.34. The molecule has 0 aliphatic rings. The molecule has 0 amide bonds. The van der Waals surface area contributed by atoms with Crippen LogP contribution in [0.1, 0.15) is 9.75 Å². The van der Waals surface area contributed by atoms with Crippen LogP contribution in [-0.2, 0) is 10.8 Å². The molecular formula is C9H12OS3. The van der Waals surface area contributed by atoms with Gasteiger partial charge >= 0.3 is 0 Å². The highest BCUT2D eigenvalue weighted by Crippen LogP contribution is 2.23. The summed E-state index contributed by atoms with van der Waals surface area (Å²) in [5.74, 6) is 0. The van der Waals surface area contributed by atoms with Crippen LogP contribution in [0.15, 0.2) is 16.4 Å². The predicted molar refractivity (Wildman–Crippen MR) is 64.6 cm³/mol. The molecule has 0 saturated carbocycles. The Balaban J connectivity index is 2.91. The Hall–Kier alpha value is -0.0600. The van der Waals surface area contributed by atoms with Crippen molar-refractivity contribution in [2.45, 2.75) is 6.92 Å². The molecule has 4 heteroatoms. The van der Waals surface area contributed by atoms with Crippen LogP contribution in [0.5, 0.6) is 0 Å². The Morgan fingerprint density at radius 2 is 2.31 bits per heavy atom. The Labute approximate surface area is 89.7 Å². The van der Waals surface area contributed by atoms with E-state index in [1.165, 1.54) is 9.75 Å². The fraction of sp³-hybridized carbons (Fsp3) is 0.333. The van der Waals surface area contributed by atoms with E-state index < -0.39 is 10.8 Å². The first kappa shape index (κ1) is 11.0. The van der Waals surface area contributed by atoms with Gasteiger partial charge in [0, 0.05) is 16.0 Å². The van der Waals surface area contributed by atoms with E-state index in [4.69, 9.17) is 0 Å². The molecule has 1 aromatic heterocycles. The molecule has 72 valence electrons. The molecule has 1 aromatic rings. The van der Waals surface area contributed by atoms with Crippen LogP contribution in [-0.4, -0.2) is 16.7 Å². The van der Waals surface area contributed by atoms with E-state index in [2.05, 4.69) is 19.1 Å². The molecular weight excluding hydrogens is 220 g/mol. The van der Waals surface area contributed by atoms with E-state index in [0.717, 1.165) is 4.24 Å². The van der Waals surface area contributed by atoms with Gasteiger partial charge in [0.15, 0.2) is 0 Å². The molecule has 0 N–H and O–H groups in total. The molecule has 0 saturated heterocycles. The van der Waals surface area contributed by atoms with E-state index in [9.17, 15) is 4.21 Å². The van der Waals surface area contributed by atoms with Crippen molar-refractivity contribution in [3.8, 4) is 0 Å². The number of hydrogen-bond donors (Lipinski definition) is 0. The lowest BCUT2D eigenvalue weighted by atomic mass is 10.4. The number of aryl methyl sites for hydroxylation is 1. The second-order valence-electron chi connectivity index (χ2n) is 2.57. The molecule has 1 rings (SSSR count). The van der Waals surface area contributed by atoms with Crippen LogP contribution in [0.2, 0.25) is 0 Å². The van der Waals surface area contributed by atoms with Crippen LogP contribution in [0.3, 0.4) is 0 Å². The van der Waals surface area contributed by atoms with Gasteiger partial charge in [0.1, 0.15) is 0 Å². The number of hydrogen-bond acceptors (Lipinski definition) is 3. The summed E-state index contributed by atoms with van der Waals surface area (Å²) in [6.07, 6.45) is 5.66. The van der Waals surface area contributed by atoms with Crippen LogP contribution in [0, 0.1) is 6.92 Å². The zero-order valence-electron chi connectivity index (χ0n) is 7.87. The first-order valence-electron chi connectivity index (χ1n) is 3.79. The van der Waals surface area contributed by atoms with Gasteiger partial charge in [-0.05, 0) is 31.4 Å². The van der Waals surface area contributed by atoms with Gasteiger partial charge in [0.2, 0.25) is 0 Å². The van der Waals surface area contributed by atoms with Crippen molar-refractivity contribution in [1.82, 2.24) is 0 Å². The highest BCUT2D eigenvalue weighted by Gasteiger charge is 2.01. The molecule has 1 atom stereocenters. The third-order valence-electron chi connectivity index (χ3n) is 1.51. The van der Waals surface area contributed by atoms with E-state index >= 15 is 0 Å². The molecule has 0 radical (unpaired) electrons. The van der Waals surface area contributed by atoms with Gasteiger partial charge in [-0.3, -0.25) is 4.21 Å². The van der Waals surface area contributed by atoms with Gasteiger partial charge < -0.3 is 0 Å². The summed E-state index contributed by atoms with van der Waals surface area (Å²) in [6.45, 7) is 2.07. The predicted octanol–water partition coefficient (Wildman–Crippen LogP) is 3.10. The fourth-order valence-electron chi connectivity index (χ4n) is 0.906. The van der Waals surface area contributed by atoms with Crippen LogP contribution < -0.4 is 0 Å². The van der Waals surface area contributed by atoms with Gasteiger partial charge in [-0.25, -0.2) is 0 Å². The van der Waals surface area contributed by atoms with E-state index in [1.54, 1.807) is 29.4 Å². The monoisotopic (exact) mass is 232 g/mol. The summed E-state index contributed by atoms with van der Waals surface area (Å²) >= 11 is 3.27. The molecule has 1 heterocycles. The zero-order chi connectivity index (χ0) is 9.84. The number of thiophene rings is 1. The Morgan fingerprint density at radius 3 is 2.69 bits per heavy atom. The van der Waals surface area contributed by atoms with Crippen molar-refractivity contribution < 1.29 is 4.21 Å². The second kappa shape index (κ2) is 4.98. The van der Waals surface area contributed by atoms with Gasteiger partial charge in [-0.1, -0.05) is 0 Å². The smallest absolute Gasteiger partial charge is 0.0724 e. The summed E-state index contributed by atoms with van der Waals surface area (Å²) < 4.78 is 12.1. The standard InChI is InChI=1S/C9H12OS3/c1-7-4-5-8(12-7)6-9(11-2)13(3)10/h4-6H,1-3H3/b9-6+/t13-/m1/s1. The van der Waals surface area contributed by atoms with Crippen molar-refractivity contribution in [3.63, 3.8) is 0 Å². The summed E-state index contributed by atoms with van der Waals surface area (Å²) in [5, 5.41) is 0. The van der Waals surface area contributed by atoms with E-state index in [-0.39, 0.29) is 0 Å². The van der Waals surface area contributed by atoms with Gasteiger partial charge in [0.25, 0.3) is 0 Å². The summed E-state index contributed by atoms with van der Waals surface area (Å²) in [5.41, 5.74) is 0. The zero-order valence-corrected chi connectivity index (χ0v) is 10.3. The van der Waals surface area contributed by atoms with Gasteiger partial charge in [-0.15, -0.1) is 23.1 Å². The van der Waals surface area contributed by atoms with Crippen LogP contribution >= 0.6 is 23.1 Å². The molecule has 0 fully saturated rings. The maximum absolute atomic E-state index is 11.2. The Kier molecular flexibility index (Phi) is 4.22. The van der Waals surface area contributed by atoms with Gasteiger partial charge in [-0.2, -0.15) is 0 Å². The van der Waals surface area contributed by atoms with Crippen molar-refractivity contribution in [1.29, 1.82) is 0 Å². The normalized spacial score (nSPS) is 14.5. The third-order valence-corrected chi connectivity index (χ3v) is 4.86. The van der Waals surface area contributed by atoms with Crippen molar-refractivity contribution in [2.75, 3.05) is 12.5 Å². The third kappa shape index (κ3) is 3.29.